The lowest BCUT2D eigenvalue weighted by Crippen LogP contribution is -2.33. The topological polar surface area (TPSA) is 66.5 Å². The minimum atomic E-state index is -3.47. The Balaban J connectivity index is 1.74. The van der Waals surface area contributed by atoms with E-state index >= 15 is 0 Å². The van der Waals surface area contributed by atoms with Crippen LogP contribution in [0.4, 0.5) is 5.69 Å². The lowest BCUT2D eigenvalue weighted by molar-refractivity contribution is -0.121. The first-order valence-corrected chi connectivity index (χ1v) is 12.8. The van der Waals surface area contributed by atoms with Crippen LogP contribution in [0.25, 0.3) is 0 Å². The van der Waals surface area contributed by atoms with E-state index in [1.807, 2.05) is 18.2 Å². The Morgan fingerprint density at radius 3 is 2.55 bits per heavy atom. The molecule has 0 spiro atoms. The molecule has 158 valence electrons. The Morgan fingerprint density at radius 2 is 1.86 bits per heavy atom. The van der Waals surface area contributed by atoms with Gasteiger partial charge in [-0.3, -0.25) is 9.10 Å². The summed E-state index contributed by atoms with van der Waals surface area (Å²) in [5.41, 5.74) is 2.53. The molecule has 0 saturated heterocycles. The zero-order valence-corrected chi connectivity index (χ0v) is 19.1. The second kappa shape index (κ2) is 11.5. The number of rotatable bonds is 11. The molecular weight excluding hydrogens is 428 g/mol. The Morgan fingerprint density at radius 1 is 1.14 bits per heavy atom. The van der Waals surface area contributed by atoms with E-state index in [0.29, 0.717) is 29.2 Å². The zero-order valence-electron chi connectivity index (χ0n) is 16.7. The number of amides is 1. The number of carbonyl (C=O) groups is 1. The number of nitrogens with one attached hydrogen (secondary N) is 1. The van der Waals surface area contributed by atoms with Crippen molar-refractivity contribution >= 4 is 45.0 Å². The molecule has 0 aliphatic rings. The van der Waals surface area contributed by atoms with Gasteiger partial charge < -0.3 is 5.32 Å². The maximum atomic E-state index is 12.2. The number of sulfonamides is 1. The molecule has 0 aliphatic heterocycles. The maximum absolute atomic E-state index is 12.2. The predicted molar refractivity (Wildman–Crippen MR) is 123 cm³/mol. The molecule has 0 saturated carbocycles. The van der Waals surface area contributed by atoms with Gasteiger partial charge in [0.1, 0.15) is 0 Å². The molecule has 8 heteroatoms. The summed E-state index contributed by atoms with van der Waals surface area (Å²) < 4.78 is 25.7. The molecule has 0 aliphatic carbocycles. The number of thioether (sulfide) groups is 1. The molecule has 0 radical (unpaired) electrons. The Labute approximate surface area is 182 Å². The van der Waals surface area contributed by atoms with Crippen molar-refractivity contribution in [2.45, 2.75) is 25.5 Å². The van der Waals surface area contributed by atoms with Gasteiger partial charge in [0.25, 0.3) is 0 Å². The molecule has 0 aromatic heterocycles. The number of nitrogens with zero attached hydrogens (tertiary/aromatic N) is 1. The highest BCUT2D eigenvalue weighted by atomic mass is 35.5. The van der Waals surface area contributed by atoms with Crippen LogP contribution in [-0.4, -0.2) is 39.4 Å². The Bertz CT molecular complexity index is 905. The van der Waals surface area contributed by atoms with Crippen LogP contribution >= 0.6 is 23.4 Å². The molecule has 1 amide bonds. The van der Waals surface area contributed by atoms with Crippen molar-refractivity contribution in [1.29, 1.82) is 0 Å². The maximum Gasteiger partial charge on any atom is 0.232 e. The zero-order chi connectivity index (χ0) is 21.3. The quantitative estimate of drug-likeness (QED) is 0.515. The summed E-state index contributed by atoms with van der Waals surface area (Å²) in [6.45, 7) is 2.62. The smallest absolute Gasteiger partial charge is 0.232 e. The third-order valence-corrected chi connectivity index (χ3v) is 6.97. The highest BCUT2D eigenvalue weighted by molar-refractivity contribution is 7.98. The van der Waals surface area contributed by atoms with Gasteiger partial charge >= 0.3 is 0 Å². The van der Waals surface area contributed by atoms with Gasteiger partial charge in [0.15, 0.2) is 0 Å². The largest absolute Gasteiger partial charge is 0.355 e. The summed E-state index contributed by atoms with van der Waals surface area (Å²) in [6.07, 6.45) is 1.87. The van der Waals surface area contributed by atoms with Gasteiger partial charge in [0.2, 0.25) is 15.9 Å². The highest BCUT2D eigenvalue weighted by Crippen LogP contribution is 2.28. The first-order chi connectivity index (χ1) is 13.8. The van der Waals surface area contributed by atoms with Crippen LogP contribution in [-0.2, 0) is 20.6 Å². The van der Waals surface area contributed by atoms with Crippen LogP contribution in [0.1, 0.15) is 24.0 Å². The van der Waals surface area contributed by atoms with Gasteiger partial charge in [0.05, 0.1) is 11.9 Å². The third kappa shape index (κ3) is 7.91. The fraction of sp³-hybridized carbons (Fsp3) is 0.381. The first-order valence-electron chi connectivity index (χ1n) is 9.40. The molecule has 0 bridgehead atoms. The fourth-order valence-corrected chi connectivity index (χ4v) is 4.83. The second-order valence-electron chi connectivity index (χ2n) is 6.71. The third-order valence-electron chi connectivity index (χ3n) is 4.35. The van der Waals surface area contributed by atoms with Crippen LogP contribution in [0.2, 0.25) is 5.02 Å². The summed E-state index contributed by atoms with van der Waals surface area (Å²) in [6, 6.07) is 15.4. The van der Waals surface area contributed by atoms with Crippen LogP contribution in [0.5, 0.6) is 0 Å². The predicted octanol–water partition coefficient (Wildman–Crippen LogP) is 4.24. The summed E-state index contributed by atoms with van der Waals surface area (Å²) in [5.74, 6) is 1.68. The number of benzene rings is 2. The average Bonchev–Trinajstić information content (AvgIpc) is 2.67. The molecule has 0 unspecified atom stereocenters. The van der Waals surface area contributed by atoms with Crippen molar-refractivity contribution in [1.82, 2.24) is 5.32 Å². The van der Waals surface area contributed by atoms with Crippen LogP contribution in [0.15, 0.2) is 48.5 Å². The molecular formula is C21H27ClN2O3S2. The van der Waals surface area contributed by atoms with Gasteiger partial charge in [-0.2, -0.15) is 11.8 Å². The second-order valence-corrected chi connectivity index (χ2v) is 10.1. The molecule has 0 atom stereocenters. The Hall–Kier alpha value is -1.70. The lowest BCUT2D eigenvalue weighted by atomic mass is 10.2. The van der Waals surface area contributed by atoms with Crippen molar-refractivity contribution in [3.05, 3.63) is 64.7 Å². The van der Waals surface area contributed by atoms with E-state index < -0.39 is 10.0 Å². The molecule has 2 rings (SSSR count). The minimum absolute atomic E-state index is 0.0680. The monoisotopic (exact) mass is 454 g/mol. The summed E-state index contributed by atoms with van der Waals surface area (Å²) in [5, 5.41) is 3.41. The van der Waals surface area contributed by atoms with E-state index in [1.54, 1.807) is 36.9 Å². The van der Waals surface area contributed by atoms with Gasteiger partial charge in [0, 0.05) is 36.0 Å². The SMILES string of the molecule is Cc1c(Cl)cccc1N(CCCC(=O)NCCSCc1ccccc1)S(C)(=O)=O. The molecule has 2 aromatic rings. The van der Waals surface area contributed by atoms with Crippen molar-refractivity contribution in [2.24, 2.45) is 0 Å². The van der Waals surface area contributed by atoms with Crippen molar-refractivity contribution < 1.29 is 13.2 Å². The number of carbonyl (C=O) groups excluding carboxylic acids is 1. The van der Waals surface area contributed by atoms with Crippen molar-refractivity contribution in [3.63, 3.8) is 0 Å². The van der Waals surface area contributed by atoms with E-state index in [-0.39, 0.29) is 18.9 Å². The van der Waals surface area contributed by atoms with E-state index in [9.17, 15) is 13.2 Å². The molecule has 2 aromatic carbocycles. The van der Waals surface area contributed by atoms with Gasteiger partial charge in [-0.1, -0.05) is 48.0 Å². The van der Waals surface area contributed by atoms with Gasteiger partial charge in [-0.25, -0.2) is 8.42 Å². The van der Waals surface area contributed by atoms with Crippen molar-refractivity contribution in [2.75, 3.05) is 29.4 Å². The van der Waals surface area contributed by atoms with E-state index in [1.165, 1.54) is 9.87 Å². The van der Waals surface area contributed by atoms with Crippen LogP contribution in [0, 0.1) is 6.92 Å². The number of hydrogen-bond acceptors (Lipinski definition) is 4. The van der Waals surface area contributed by atoms with E-state index in [2.05, 4.69) is 17.4 Å². The van der Waals surface area contributed by atoms with E-state index in [0.717, 1.165) is 17.8 Å². The number of halogens is 1. The summed E-state index contributed by atoms with van der Waals surface area (Å²) in [4.78, 5) is 12.1. The molecule has 1 N–H and O–H groups in total. The number of hydrogen-bond donors (Lipinski definition) is 1. The van der Waals surface area contributed by atoms with Gasteiger partial charge in [-0.05, 0) is 36.6 Å². The normalized spacial score (nSPS) is 11.3. The van der Waals surface area contributed by atoms with Gasteiger partial charge in [-0.15, -0.1) is 0 Å². The summed E-state index contributed by atoms with van der Waals surface area (Å²) >= 11 is 7.89. The average molecular weight is 455 g/mol. The minimum Gasteiger partial charge on any atom is -0.355 e. The molecule has 29 heavy (non-hydrogen) atoms. The highest BCUT2D eigenvalue weighted by Gasteiger charge is 2.20. The standard InChI is InChI=1S/C21H27ClN2O3S2/c1-17-19(22)10-6-11-20(17)24(29(2,26)27)14-7-12-21(25)23-13-15-28-16-18-8-4-3-5-9-18/h3-6,8-11H,7,12-16H2,1-2H3,(H,23,25). The Kier molecular flexibility index (Phi) is 9.33. The molecule has 0 fully saturated rings. The van der Waals surface area contributed by atoms with Crippen molar-refractivity contribution in [3.8, 4) is 0 Å². The number of anilines is 1. The van der Waals surface area contributed by atoms with Crippen LogP contribution < -0.4 is 9.62 Å². The fourth-order valence-electron chi connectivity index (χ4n) is 2.83. The molecule has 5 nitrogen and oxygen atoms in total. The van der Waals surface area contributed by atoms with Crippen LogP contribution in [0.3, 0.4) is 0 Å². The first kappa shape index (κ1) is 23.6. The van der Waals surface area contributed by atoms with E-state index in [4.69, 9.17) is 11.6 Å². The summed E-state index contributed by atoms with van der Waals surface area (Å²) in [7, 11) is -3.47. The molecule has 0 heterocycles. The lowest BCUT2D eigenvalue weighted by Gasteiger charge is -2.24.